The standard InChI is InChI=1S/C26H28N4O4/c1-33-23-10-5-9-21(17-23)25(31)28-22-11-12-24(27-18-22)29-13-6-14-30(16-15-29)26(32)34-19-20-7-3-2-4-8-20/h2-5,7-12,17-18H,6,13-16,19H2,1H3,(H,28,31). The monoisotopic (exact) mass is 460 g/mol. The number of amides is 2. The Morgan fingerprint density at radius 3 is 2.59 bits per heavy atom. The molecular weight excluding hydrogens is 432 g/mol. The maximum atomic E-state index is 12.5. The third-order valence-corrected chi connectivity index (χ3v) is 5.62. The first-order chi connectivity index (χ1) is 16.6. The molecule has 0 saturated carbocycles. The van der Waals surface area contributed by atoms with Gasteiger partial charge in [-0.25, -0.2) is 9.78 Å². The first kappa shape index (κ1) is 23.1. The minimum atomic E-state index is -0.297. The number of pyridine rings is 1. The molecule has 4 rings (SSSR count). The molecule has 8 heteroatoms. The first-order valence-corrected chi connectivity index (χ1v) is 11.2. The van der Waals surface area contributed by atoms with Gasteiger partial charge in [0.15, 0.2) is 0 Å². The zero-order chi connectivity index (χ0) is 23.8. The number of methoxy groups -OCH3 is 1. The molecule has 8 nitrogen and oxygen atoms in total. The van der Waals surface area contributed by atoms with E-state index in [1.165, 1.54) is 0 Å². The van der Waals surface area contributed by atoms with Crippen LogP contribution in [0.25, 0.3) is 0 Å². The fourth-order valence-corrected chi connectivity index (χ4v) is 3.75. The van der Waals surface area contributed by atoms with Crippen molar-refractivity contribution in [2.24, 2.45) is 0 Å². The average Bonchev–Trinajstić information content (AvgIpc) is 3.15. The second kappa shape index (κ2) is 11.2. The Morgan fingerprint density at radius 1 is 0.971 bits per heavy atom. The van der Waals surface area contributed by atoms with Gasteiger partial charge in [-0.2, -0.15) is 0 Å². The number of rotatable bonds is 6. The molecular formula is C26H28N4O4. The van der Waals surface area contributed by atoms with E-state index in [0.29, 0.717) is 36.6 Å². The fraction of sp³-hybridized carbons (Fsp3) is 0.269. The molecule has 1 fully saturated rings. The number of anilines is 2. The van der Waals surface area contributed by atoms with Crippen LogP contribution in [0.5, 0.6) is 5.75 Å². The first-order valence-electron chi connectivity index (χ1n) is 11.2. The Hall–Kier alpha value is -4.07. The molecule has 3 aromatic rings. The maximum absolute atomic E-state index is 12.5. The molecule has 1 N–H and O–H groups in total. The fourth-order valence-electron chi connectivity index (χ4n) is 3.75. The number of nitrogens with zero attached hydrogens (tertiary/aromatic N) is 3. The van der Waals surface area contributed by atoms with Crippen molar-refractivity contribution >= 4 is 23.5 Å². The lowest BCUT2D eigenvalue weighted by Gasteiger charge is -2.22. The Bertz CT molecular complexity index is 1110. The zero-order valence-electron chi connectivity index (χ0n) is 19.1. The number of hydrogen-bond donors (Lipinski definition) is 1. The van der Waals surface area contributed by atoms with Crippen LogP contribution >= 0.6 is 0 Å². The van der Waals surface area contributed by atoms with E-state index in [1.807, 2.05) is 42.5 Å². The highest BCUT2D eigenvalue weighted by Crippen LogP contribution is 2.19. The highest BCUT2D eigenvalue weighted by molar-refractivity contribution is 6.04. The number of aromatic nitrogens is 1. The quantitative estimate of drug-likeness (QED) is 0.594. The number of hydrogen-bond acceptors (Lipinski definition) is 6. The van der Waals surface area contributed by atoms with Gasteiger partial charge in [-0.15, -0.1) is 0 Å². The van der Waals surface area contributed by atoms with Crippen LogP contribution in [-0.4, -0.2) is 55.2 Å². The number of benzene rings is 2. The molecule has 0 aliphatic carbocycles. The predicted octanol–water partition coefficient (Wildman–Crippen LogP) is 4.19. The van der Waals surface area contributed by atoms with Crippen LogP contribution in [0.4, 0.5) is 16.3 Å². The van der Waals surface area contributed by atoms with Crippen molar-refractivity contribution in [3.8, 4) is 5.75 Å². The van der Waals surface area contributed by atoms with E-state index in [-0.39, 0.29) is 18.6 Å². The summed E-state index contributed by atoms with van der Waals surface area (Å²) in [6, 6.07) is 20.3. The lowest BCUT2D eigenvalue weighted by molar-refractivity contribution is 0.0984. The Kier molecular flexibility index (Phi) is 7.60. The Balaban J connectivity index is 1.29. The highest BCUT2D eigenvalue weighted by Gasteiger charge is 2.21. The van der Waals surface area contributed by atoms with Crippen LogP contribution in [0.3, 0.4) is 0 Å². The Labute approximate surface area is 199 Å². The van der Waals surface area contributed by atoms with Gasteiger partial charge in [-0.3, -0.25) is 4.79 Å². The largest absolute Gasteiger partial charge is 0.497 e. The molecule has 1 aliphatic heterocycles. The van der Waals surface area contributed by atoms with E-state index in [9.17, 15) is 9.59 Å². The predicted molar refractivity (Wildman–Crippen MR) is 130 cm³/mol. The summed E-state index contributed by atoms with van der Waals surface area (Å²) in [6.45, 7) is 2.90. The molecule has 2 amide bonds. The SMILES string of the molecule is COc1cccc(C(=O)Nc2ccc(N3CCCN(C(=O)OCc4ccccc4)CC3)nc2)c1. The van der Waals surface area contributed by atoms with Crippen molar-refractivity contribution < 1.29 is 19.1 Å². The van der Waals surface area contributed by atoms with Gasteiger partial charge in [-0.1, -0.05) is 36.4 Å². The molecule has 176 valence electrons. The van der Waals surface area contributed by atoms with Crippen LogP contribution < -0.4 is 15.0 Å². The molecule has 1 aliphatic rings. The van der Waals surface area contributed by atoms with Gasteiger partial charge in [0, 0.05) is 31.7 Å². The molecule has 0 spiro atoms. The van der Waals surface area contributed by atoms with Crippen LogP contribution in [0.15, 0.2) is 72.9 Å². The lowest BCUT2D eigenvalue weighted by atomic mass is 10.2. The lowest BCUT2D eigenvalue weighted by Crippen LogP contribution is -2.35. The van der Waals surface area contributed by atoms with Crippen LogP contribution in [-0.2, 0) is 11.3 Å². The van der Waals surface area contributed by atoms with E-state index in [4.69, 9.17) is 9.47 Å². The highest BCUT2D eigenvalue weighted by atomic mass is 16.6. The molecule has 0 atom stereocenters. The van der Waals surface area contributed by atoms with Crippen molar-refractivity contribution in [2.75, 3.05) is 43.5 Å². The van der Waals surface area contributed by atoms with Crippen molar-refractivity contribution in [3.05, 3.63) is 84.1 Å². The number of nitrogens with one attached hydrogen (secondary N) is 1. The van der Waals surface area contributed by atoms with Gasteiger partial charge >= 0.3 is 6.09 Å². The summed E-state index contributed by atoms with van der Waals surface area (Å²) in [5, 5.41) is 2.86. The van der Waals surface area contributed by atoms with Gasteiger partial charge < -0.3 is 24.6 Å². The minimum absolute atomic E-state index is 0.229. The number of carbonyl (C=O) groups is 2. The molecule has 34 heavy (non-hydrogen) atoms. The topological polar surface area (TPSA) is 84.0 Å². The van der Waals surface area contributed by atoms with Crippen molar-refractivity contribution in [2.45, 2.75) is 13.0 Å². The summed E-state index contributed by atoms with van der Waals surface area (Å²) in [5.41, 5.74) is 2.09. The summed E-state index contributed by atoms with van der Waals surface area (Å²) in [5.74, 6) is 1.20. The van der Waals surface area contributed by atoms with Gasteiger partial charge in [0.1, 0.15) is 18.2 Å². The maximum Gasteiger partial charge on any atom is 0.410 e. The van der Waals surface area contributed by atoms with Gasteiger partial charge in [0.2, 0.25) is 0 Å². The van der Waals surface area contributed by atoms with Crippen molar-refractivity contribution in [1.29, 1.82) is 0 Å². The third-order valence-electron chi connectivity index (χ3n) is 5.62. The van der Waals surface area contributed by atoms with E-state index in [1.54, 1.807) is 42.5 Å². The molecule has 2 heterocycles. The summed E-state index contributed by atoms with van der Waals surface area (Å²) >= 11 is 0. The normalized spacial score (nSPS) is 13.7. The molecule has 0 radical (unpaired) electrons. The number of carbonyl (C=O) groups excluding carboxylic acids is 2. The molecule has 2 aromatic carbocycles. The van der Waals surface area contributed by atoms with E-state index in [2.05, 4.69) is 15.2 Å². The van der Waals surface area contributed by atoms with Gasteiger partial charge in [-0.05, 0) is 42.3 Å². The molecule has 1 saturated heterocycles. The Morgan fingerprint density at radius 2 is 1.82 bits per heavy atom. The zero-order valence-corrected chi connectivity index (χ0v) is 19.1. The van der Waals surface area contributed by atoms with Crippen LogP contribution in [0.2, 0.25) is 0 Å². The van der Waals surface area contributed by atoms with E-state index in [0.717, 1.165) is 24.3 Å². The van der Waals surface area contributed by atoms with Crippen molar-refractivity contribution in [1.82, 2.24) is 9.88 Å². The van der Waals surface area contributed by atoms with Gasteiger partial charge in [0.25, 0.3) is 5.91 Å². The minimum Gasteiger partial charge on any atom is -0.497 e. The van der Waals surface area contributed by atoms with E-state index >= 15 is 0 Å². The third kappa shape index (κ3) is 6.04. The molecule has 0 bridgehead atoms. The molecule has 0 unspecified atom stereocenters. The van der Waals surface area contributed by atoms with Crippen LogP contribution in [0.1, 0.15) is 22.3 Å². The van der Waals surface area contributed by atoms with Gasteiger partial charge in [0.05, 0.1) is 19.0 Å². The summed E-state index contributed by atoms with van der Waals surface area (Å²) < 4.78 is 10.6. The summed E-state index contributed by atoms with van der Waals surface area (Å²) in [7, 11) is 1.56. The molecule has 1 aromatic heterocycles. The second-order valence-electron chi connectivity index (χ2n) is 7.96. The number of ether oxygens (including phenoxy) is 2. The van der Waals surface area contributed by atoms with E-state index < -0.39 is 0 Å². The second-order valence-corrected chi connectivity index (χ2v) is 7.96. The summed E-state index contributed by atoms with van der Waals surface area (Å²) in [6.07, 6.45) is 2.16. The van der Waals surface area contributed by atoms with Crippen LogP contribution in [0, 0.1) is 0 Å². The average molecular weight is 461 g/mol. The van der Waals surface area contributed by atoms with Crippen molar-refractivity contribution in [3.63, 3.8) is 0 Å². The summed E-state index contributed by atoms with van der Waals surface area (Å²) in [4.78, 5) is 33.4. The smallest absolute Gasteiger partial charge is 0.410 e.